The van der Waals surface area contributed by atoms with Gasteiger partial charge in [0.25, 0.3) is 5.56 Å². The number of anilines is 1. The minimum Gasteiger partial charge on any atom is -0.310 e. The maximum absolute atomic E-state index is 12.7. The van der Waals surface area contributed by atoms with E-state index >= 15 is 0 Å². The van der Waals surface area contributed by atoms with E-state index in [1.807, 2.05) is 31.4 Å². The van der Waals surface area contributed by atoms with Crippen molar-refractivity contribution in [2.24, 2.45) is 0 Å². The molecule has 7 nitrogen and oxygen atoms in total. The average molecular weight is 454 g/mol. The summed E-state index contributed by atoms with van der Waals surface area (Å²) in [6.07, 6.45) is 0.173. The second kappa shape index (κ2) is 8.87. The third kappa shape index (κ3) is 4.92. The van der Waals surface area contributed by atoms with Crippen LogP contribution in [0.2, 0.25) is 5.02 Å². The summed E-state index contributed by atoms with van der Waals surface area (Å²) in [5.41, 5.74) is 1.87. The van der Waals surface area contributed by atoms with Gasteiger partial charge in [-0.2, -0.15) is 9.78 Å². The number of H-pyrrole nitrogens is 1. The van der Waals surface area contributed by atoms with Gasteiger partial charge in [0.1, 0.15) is 11.5 Å². The number of rotatable bonds is 6. The molecule has 31 heavy (non-hydrogen) atoms. The number of nitrogens with zero attached hydrogens (tertiary/aromatic N) is 3. The van der Waals surface area contributed by atoms with E-state index in [9.17, 15) is 9.59 Å². The van der Waals surface area contributed by atoms with Gasteiger partial charge in [0, 0.05) is 17.2 Å². The summed E-state index contributed by atoms with van der Waals surface area (Å²) in [5.74, 6) is 0.520. The van der Waals surface area contributed by atoms with Crippen LogP contribution in [0.15, 0.2) is 58.7 Å². The molecule has 0 saturated carbocycles. The molecule has 0 bridgehead atoms. The van der Waals surface area contributed by atoms with E-state index in [1.165, 1.54) is 22.1 Å². The Balaban J connectivity index is 1.70. The highest BCUT2D eigenvalue weighted by Crippen LogP contribution is 2.27. The summed E-state index contributed by atoms with van der Waals surface area (Å²) in [6.45, 7) is 3.92. The number of hydrogen-bond acceptors (Lipinski definition) is 5. The molecule has 0 atom stereocenters. The number of hydrogen-bond donors (Lipinski definition) is 2. The second-order valence-corrected chi connectivity index (χ2v) is 8.69. The van der Waals surface area contributed by atoms with Crippen LogP contribution < -0.4 is 10.9 Å². The van der Waals surface area contributed by atoms with Crippen molar-refractivity contribution in [3.63, 3.8) is 0 Å². The molecule has 4 rings (SSSR count). The van der Waals surface area contributed by atoms with Crippen molar-refractivity contribution in [2.45, 2.75) is 26.2 Å². The minimum absolute atomic E-state index is 0.0660. The van der Waals surface area contributed by atoms with Crippen molar-refractivity contribution in [1.29, 1.82) is 0 Å². The molecular formula is C22H20ClN5O2S. The van der Waals surface area contributed by atoms with Gasteiger partial charge in [0.15, 0.2) is 0 Å². The topological polar surface area (TPSA) is 92.7 Å². The van der Waals surface area contributed by atoms with Crippen LogP contribution in [0, 0.1) is 0 Å². The van der Waals surface area contributed by atoms with Crippen molar-refractivity contribution in [2.75, 3.05) is 5.32 Å². The fourth-order valence-corrected chi connectivity index (χ4v) is 3.82. The number of carbonyl (C=O) groups excluding carboxylic acids is 1. The van der Waals surface area contributed by atoms with E-state index in [2.05, 4.69) is 20.4 Å². The fourth-order valence-electron chi connectivity index (χ4n) is 3.01. The molecule has 4 aromatic rings. The quantitative estimate of drug-likeness (QED) is 0.444. The summed E-state index contributed by atoms with van der Waals surface area (Å²) < 4.78 is 1.46. The predicted octanol–water partition coefficient (Wildman–Crippen LogP) is 4.64. The van der Waals surface area contributed by atoms with Gasteiger partial charge in [-0.15, -0.1) is 11.3 Å². The number of nitrogens with one attached hydrogen (secondary N) is 2. The monoisotopic (exact) mass is 453 g/mol. The SMILES string of the molecule is CC(C)c1cc(=O)[nH]c(-n2nc(-c3cccs3)cc2NC(=O)Cc2ccc(Cl)cc2)n1. The number of benzene rings is 1. The van der Waals surface area contributed by atoms with Crippen LogP contribution >= 0.6 is 22.9 Å². The second-order valence-electron chi connectivity index (χ2n) is 7.30. The Morgan fingerprint density at radius 1 is 1.23 bits per heavy atom. The molecule has 2 N–H and O–H groups in total. The van der Waals surface area contributed by atoms with Crippen molar-refractivity contribution in [3.05, 3.63) is 80.5 Å². The van der Waals surface area contributed by atoms with E-state index in [4.69, 9.17) is 11.6 Å². The number of amides is 1. The Morgan fingerprint density at radius 3 is 2.68 bits per heavy atom. The van der Waals surface area contributed by atoms with Gasteiger partial charge >= 0.3 is 0 Å². The number of aromatic nitrogens is 4. The molecule has 0 aliphatic heterocycles. The Morgan fingerprint density at radius 2 is 2.00 bits per heavy atom. The molecular weight excluding hydrogens is 434 g/mol. The first kappa shape index (κ1) is 21.0. The number of aromatic amines is 1. The highest BCUT2D eigenvalue weighted by molar-refractivity contribution is 7.13. The Kier molecular flexibility index (Phi) is 6.01. The molecule has 0 saturated heterocycles. The molecule has 9 heteroatoms. The molecule has 3 heterocycles. The van der Waals surface area contributed by atoms with Crippen LogP contribution in [0.1, 0.15) is 31.0 Å². The molecule has 0 spiro atoms. The zero-order valence-electron chi connectivity index (χ0n) is 16.9. The van der Waals surface area contributed by atoms with E-state index in [1.54, 1.807) is 30.3 Å². The molecule has 0 unspecified atom stereocenters. The standard InChI is InChI=1S/C22H20ClN5O2S/c1-13(2)16-12-21(30)26-22(24-16)28-19(11-17(27-28)18-4-3-9-31-18)25-20(29)10-14-5-7-15(23)8-6-14/h3-9,11-13H,10H2,1-2H3,(H,25,29)(H,24,26,30). The van der Waals surface area contributed by atoms with E-state index in [0.717, 1.165) is 10.4 Å². The summed E-state index contributed by atoms with van der Waals surface area (Å²) in [6, 6.07) is 14.2. The lowest BCUT2D eigenvalue weighted by Crippen LogP contribution is -2.20. The van der Waals surface area contributed by atoms with Gasteiger partial charge in [-0.25, -0.2) is 4.98 Å². The van der Waals surface area contributed by atoms with Crippen molar-refractivity contribution in [3.8, 4) is 16.5 Å². The molecule has 1 amide bonds. The fraction of sp³-hybridized carbons (Fsp3) is 0.182. The molecule has 1 aromatic carbocycles. The number of carbonyl (C=O) groups is 1. The summed E-state index contributed by atoms with van der Waals surface area (Å²) in [5, 5.41) is 10.1. The van der Waals surface area contributed by atoms with E-state index in [-0.39, 0.29) is 29.8 Å². The van der Waals surface area contributed by atoms with Gasteiger partial charge in [-0.05, 0) is 35.1 Å². The van der Waals surface area contributed by atoms with E-state index in [0.29, 0.717) is 22.2 Å². The summed E-state index contributed by atoms with van der Waals surface area (Å²) >= 11 is 7.45. The highest BCUT2D eigenvalue weighted by atomic mass is 35.5. The van der Waals surface area contributed by atoms with Crippen LogP contribution in [0.4, 0.5) is 5.82 Å². The normalized spacial score (nSPS) is 11.1. The molecule has 0 radical (unpaired) electrons. The van der Waals surface area contributed by atoms with Crippen LogP contribution in [0.5, 0.6) is 0 Å². The highest BCUT2D eigenvalue weighted by Gasteiger charge is 2.17. The lowest BCUT2D eigenvalue weighted by molar-refractivity contribution is -0.115. The van der Waals surface area contributed by atoms with Gasteiger partial charge in [-0.3, -0.25) is 14.6 Å². The average Bonchev–Trinajstić information content (AvgIpc) is 3.39. The Hall–Kier alpha value is -3.23. The van der Waals surface area contributed by atoms with Crippen molar-refractivity contribution >= 4 is 34.7 Å². The van der Waals surface area contributed by atoms with Crippen LogP contribution in [0.25, 0.3) is 16.5 Å². The zero-order valence-corrected chi connectivity index (χ0v) is 18.5. The van der Waals surface area contributed by atoms with Crippen LogP contribution in [0.3, 0.4) is 0 Å². The van der Waals surface area contributed by atoms with Gasteiger partial charge in [-0.1, -0.05) is 43.6 Å². The maximum Gasteiger partial charge on any atom is 0.252 e. The summed E-state index contributed by atoms with van der Waals surface area (Å²) in [4.78, 5) is 33.1. The number of thiophene rings is 1. The Bertz CT molecular complexity index is 1260. The predicted molar refractivity (Wildman–Crippen MR) is 123 cm³/mol. The molecule has 0 fully saturated rings. The largest absolute Gasteiger partial charge is 0.310 e. The third-order valence-corrected chi connectivity index (χ3v) is 5.71. The van der Waals surface area contributed by atoms with Gasteiger partial charge in [0.2, 0.25) is 11.9 Å². The third-order valence-electron chi connectivity index (χ3n) is 4.57. The number of halogens is 1. The summed E-state index contributed by atoms with van der Waals surface area (Å²) in [7, 11) is 0. The van der Waals surface area contributed by atoms with Gasteiger partial charge < -0.3 is 5.32 Å². The van der Waals surface area contributed by atoms with Crippen molar-refractivity contribution in [1.82, 2.24) is 19.7 Å². The lowest BCUT2D eigenvalue weighted by Gasteiger charge is -2.10. The first-order chi connectivity index (χ1) is 14.9. The molecule has 0 aliphatic rings. The van der Waals surface area contributed by atoms with Crippen LogP contribution in [-0.2, 0) is 11.2 Å². The maximum atomic E-state index is 12.7. The Labute approximate surface area is 187 Å². The first-order valence-corrected chi connectivity index (χ1v) is 10.9. The van der Waals surface area contributed by atoms with Crippen molar-refractivity contribution < 1.29 is 4.79 Å². The molecule has 0 aliphatic carbocycles. The first-order valence-electron chi connectivity index (χ1n) is 9.69. The van der Waals surface area contributed by atoms with Gasteiger partial charge in [0.05, 0.1) is 17.0 Å². The van der Waals surface area contributed by atoms with Crippen LogP contribution in [-0.4, -0.2) is 25.7 Å². The minimum atomic E-state index is -0.277. The zero-order chi connectivity index (χ0) is 22.0. The lowest BCUT2D eigenvalue weighted by atomic mass is 10.1. The van der Waals surface area contributed by atoms with E-state index < -0.39 is 0 Å². The molecule has 3 aromatic heterocycles. The smallest absolute Gasteiger partial charge is 0.252 e. The molecule has 158 valence electrons.